The molecule has 0 aromatic heterocycles. The van der Waals surface area contributed by atoms with Crippen molar-refractivity contribution in [3.63, 3.8) is 0 Å². The van der Waals surface area contributed by atoms with Gasteiger partial charge in [0.05, 0.1) is 6.10 Å². The van der Waals surface area contributed by atoms with Crippen LogP contribution in [0.4, 0.5) is 13.2 Å². The highest BCUT2D eigenvalue weighted by molar-refractivity contribution is 7.80. The SMILES string of the molecule is CC1=CC(=C2C(=O)NC(=S)NC2=O)C=C(C(F)(F)F)N1C[C@H]1CCCO1. The van der Waals surface area contributed by atoms with Gasteiger partial charge in [-0.2, -0.15) is 13.2 Å². The number of hydrogen-bond acceptors (Lipinski definition) is 5. The fourth-order valence-electron chi connectivity index (χ4n) is 3.10. The average molecular weight is 387 g/mol. The number of carbonyl (C=O) groups excluding carboxylic acids is 2. The van der Waals surface area contributed by atoms with Crippen LogP contribution in [0, 0.1) is 0 Å². The van der Waals surface area contributed by atoms with Crippen molar-refractivity contribution in [3.8, 4) is 0 Å². The standard InChI is InChI=1S/C16H16F3N3O3S/c1-8-5-9(12-13(23)20-15(26)21-14(12)24)6-11(16(17,18)19)22(8)7-10-3-2-4-25-10/h5-6,10H,2-4,7H2,1H3,(H2,20,21,23,24,26)/t10-/m1/s1. The summed E-state index contributed by atoms with van der Waals surface area (Å²) >= 11 is 4.70. The first-order valence-corrected chi connectivity index (χ1v) is 8.35. The van der Waals surface area contributed by atoms with Crippen LogP contribution in [0.15, 0.2) is 34.7 Å². The quantitative estimate of drug-likeness (QED) is 0.429. The second-order valence-electron chi connectivity index (χ2n) is 6.13. The number of rotatable bonds is 2. The summed E-state index contributed by atoms with van der Waals surface area (Å²) < 4.78 is 46.3. The molecule has 2 saturated heterocycles. The zero-order chi connectivity index (χ0) is 19.1. The Kier molecular flexibility index (Phi) is 4.89. The number of carbonyl (C=O) groups is 2. The molecule has 1 atom stereocenters. The number of allylic oxidation sites excluding steroid dienone is 5. The molecule has 3 aliphatic rings. The minimum atomic E-state index is -4.66. The predicted octanol–water partition coefficient (Wildman–Crippen LogP) is 1.66. The summed E-state index contributed by atoms with van der Waals surface area (Å²) in [6, 6.07) is 0. The maximum atomic E-state index is 13.6. The molecule has 6 nitrogen and oxygen atoms in total. The van der Waals surface area contributed by atoms with Gasteiger partial charge >= 0.3 is 6.18 Å². The monoisotopic (exact) mass is 387 g/mol. The first-order chi connectivity index (χ1) is 12.2. The number of nitrogens with one attached hydrogen (secondary N) is 2. The van der Waals surface area contributed by atoms with Crippen molar-refractivity contribution in [3.05, 3.63) is 34.7 Å². The van der Waals surface area contributed by atoms with Gasteiger partial charge < -0.3 is 9.64 Å². The number of nitrogens with zero attached hydrogens (tertiary/aromatic N) is 1. The highest BCUT2D eigenvalue weighted by atomic mass is 32.1. The van der Waals surface area contributed by atoms with Crippen molar-refractivity contribution in [1.82, 2.24) is 15.5 Å². The lowest BCUT2D eigenvalue weighted by Crippen LogP contribution is -2.51. The van der Waals surface area contributed by atoms with E-state index in [0.29, 0.717) is 13.0 Å². The fourth-order valence-corrected chi connectivity index (χ4v) is 3.29. The molecule has 0 saturated carbocycles. The summed E-state index contributed by atoms with van der Waals surface area (Å²) in [5.74, 6) is -1.66. The van der Waals surface area contributed by atoms with E-state index < -0.39 is 29.3 Å². The first kappa shape index (κ1) is 18.6. The molecule has 2 N–H and O–H groups in total. The summed E-state index contributed by atoms with van der Waals surface area (Å²) in [5, 5.41) is 4.27. The van der Waals surface area contributed by atoms with Gasteiger partial charge in [-0.25, -0.2) is 0 Å². The molecular weight excluding hydrogens is 371 g/mol. The zero-order valence-corrected chi connectivity index (χ0v) is 14.6. The van der Waals surface area contributed by atoms with Gasteiger partial charge in [0.2, 0.25) is 0 Å². The van der Waals surface area contributed by atoms with Crippen LogP contribution in [0.5, 0.6) is 0 Å². The number of alkyl halides is 3. The summed E-state index contributed by atoms with van der Waals surface area (Å²) in [7, 11) is 0. The molecule has 2 amide bonds. The molecule has 0 spiro atoms. The van der Waals surface area contributed by atoms with Gasteiger partial charge in [0.25, 0.3) is 11.8 Å². The van der Waals surface area contributed by atoms with E-state index in [2.05, 4.69) is 10.6 Å². The molecule has 0 radical (unpaired) electrons. The van der Waals surface area contributed by atoms with Gasteiger partial charge in [-0.15, -0.1) is 0 Å². The van der Waals surface area contributed by atoms with Crippen LogP contribution in [0.25, 0.3) is 0 Å². The van der Waals surface area contributed by atoms with E-state index >= 15 is 0 Å². The first-order valence-electron chi connectivity index (χ1n) is 7.94. The Balaban J connectivity index is 2.01. The third-order valence-electron chi connectivity index (χ3n) is 4.27. The Morgan fingerprint density at radius 2 is 1.92 bits per heavy atom. The van der Waals surface area contributed by atoms with Gasteiger partial charge in [0, 0.05) is 18.8 Å². The van der Waals surface area contributed by atoms with E-state index in [9.17, 15) is 22.8 Å². The maximum absolute atomic E-state index is 13.6. The van der Waals surface area contributed by atoms with Crippen molar-refractivity contribution >= 4 is 29.1 Å². The van der Waals surface area contributed by atoms with Crippen molar-refractivity contribution in [1.29, 1.82) is 0 Å². The normalized spacial score (nSPS) is 24.4. The van der Waals surface area contributed by atoms with Gasteiger partial charge in [0.15, 0.2) is 5.11 Å². The van der Waals surface area contributed by atoms with Crippen molar-refractivity contribution < 1.29 is 27.5 Å². The zero-order valence-electron chi connectivity index (χ0n) is 13.8. The van der Waals surface area contributed by atoms with Crippen LogP contribution in [-0.4, -0.2) is 47.3 Å². The average Bonchev–Trinajstić information content (AvgIpc) is 3.00. The molecule has 10 heteroatoms. The Morgan fingerprint density at radius 3 is 2.46 bits per heavy atom. The maximum Gasteiger partial charge on any atom is 0.431 e. The van der Waals surface area contributed by atoms with Crippen molar-refractivity contribution in [2.24, 2.45) is 0 Å². The minimum absolute atomic E-state index is 0.0543. The lowest BCUT2D eigenvalue weighted by atomic mass is 9.99. The summed E-state index contributed by atoms with van der Waals surface area (Å²) in [5.41, 5.74) is -1.19. The van der Waals surface area contributed by atoms with E-state index in [-0.39, 0.29) is 29.0 Å². The molecular formula is C16H16F3N3O3S. The summed E-state index contributed by atoms with van der Waals surface area (Å²) in [4.78, 5) is 25.2. The van der Waals surface area contributed by atoms with E-state index in [0.717, 1.165) is 17.4 Å². The minimum Gasteiger partial charge on any atom is -0.376 e. The van der Waals surface area contributed by atoms with Crippen LogP contribution in [0.1, 0.15) is 19.8 Å². The molecule has 2 fully saturated rings. The largest absolute Gasteiger partial charge is 0.431 e. The van der Waals surface area contributed by atoms with E-state index in [1.165, 1.54) is 13.0 Å². The molecule has 0 aliphatic carbocycles. The second kappa shape index (κ2) is 6.84. The number of thiocarbonyl (C=S) groups is 1. The topological polar surface area (TPSA) is 70.7 Å². The van der Waals surface area contributed by atoms with Gasteiger partial charge in [-0.05, 0) is 49.7 Å². The number of halogens is 3. The Morgan fingerprint density at radius 1 is 1.27 bits per heavy atom. The molecule has 3 heterocycles. The highest BCUT2D eigenvalue weighted by Crippen LogP contribution is 2.37. The van der Waals surface area contributed by atoms with Crippen LogP contribution in [0.2, 0.25) is 0 Å². The van der Waals surface area contributed by atoms with Gasteiger partial charge in [0.1, 0.15) is 11.3 Å². The molecule has 0 bridgehead atoms. The Bertz CT molecular complexity index is 742. The van der Waals surface area contributed by atoms with Crippen molar-refractivity contribution in [2.75, 3.05) is 13.2 Å². The van der Waals surface area contributed by atoms with Crippen molar-refractivity contribution in [2.45, 2.75) is 32.0 Å². The molecule has 0 aromatic carbocycles. The summed E-state index contributed by atoms with van der Waals surface area (Å²) in [6.45, 7) is 2.08. The Labute approximate surface area is 152 Å². The molecule has 3 rings (SSSR count). The lowest BCUT2D eigenvalue weighted by molar-refractivity contribution is -0.123. The van der Waals surface area contributed by atoms with E-state index in [1.54, 1.807) is 0 Å². The fraction of sp³-hybridized carbons (Fsp3) is 0.438. The highest BCUT2D eigenvalue weighted by Gasteiger charge is 2.42. The van der Waals surface area contributed by atoms with E-state index in [1.807, 2.05) is 0 Å². The number of amides is 2. The number of hydrogen-bond donors (Lipinski definition) is 2. The summed E-state index contributed by atoms with van der Waals surface area (Å²) in [6.07, 6.45) is -1.26. The smallest absolute Gasteiger partial charge is 0.376 e. The van der Waals surface area contributed by atoms with Gasteiger partial charge in [-0.3, -0.25) is 20.2 Å². The Hall–Kier alpha value is -2.20. The second-order valence-corrected chi connectivity index (χ2v) is 6.53. The third kappa shape index (κ3) is 3.65. The third-order valence-corrected chi connectivity index (χ3v) is 4.47. The molecule has 0 unspecified atom stereocenters. The molecule has 0 aromatic rings. The lowest BCUT2D eigenvalue weighted by Gasteiger charge is -2.34. The molecule has 3 aliphatic heterocycles. The molecule has 140 valence electrons. The van der Waals surface area contributed by atoms with Crippen LogP contribution >= 0.6 is 12.2 Å². The molecule has 26 heavy (non-hydrogen) atoms. The van der Waals surface area contributed by atoms with E-state index in [4.69, 9.17) is 17.0 Å². The predicted molar refractivity (Wildman–Crippen MR) is 89.5 cm³/mol. The van der Waals surface area contributed by atoms with Crippen LogP contribution < -0.4 is 10.6 Å². The number of ether oxygens (including phenoxy) is 1. The van der Waals surface area contributed by atoms with Gasteiger partial charge in [-0.1, -0.05) is 0 Å². The van der Waals surface area contributed by atoms with Crippen LogP contribution in [0.3, 0.4) is 0 Å². The van der Waals surface area contributed by atoms with Crippen LogP contribution in [-0.2, 0) is 14.3 Å².